The van der Waals surface area contributed by atoms with Crippen molar-refractivity contribution in [1.29, 1.82) is 0 Å². The molecule has 1 aromatic heterocycles. The summed E-state index contributed by atoms with van der Waals surface area (Å²) in [4.78, 5) is 14.7. The van der Waals surface area contributed by atoms with E-state index < -0.39 is 5.97 Å². The summed E-state index contributed by atoms with van der Waals surface area (Å²) >= 11 is 1.11. The van der Waals surface area contributed by atoms with Crippen molar-refractivity contribution < 1.29 is 14.6 Å². The van der Waals surface area contributed by atoms with Gasteiger partial charge in [0.2, 0.25) is 5.01 Å². The summed E-state index contributed by atoms with van der Waals surface area (Å²) in [7, 11) is 0. The van der Waals surface area contributed by atoms with Gasteiger partial charge in [-0.3, -0.25) is 0 Å². The van der Waals surface area contributed by atoms with Gasteiger partial charge in [0, 0.05) is 5.38 Å². The maximum absolute atomic E-state index is 10.7. The Labute approximate surface area is 115 Å². The van der Waals surface area contributed by atoms with Crippen LogP contribution in [0.4, 0.5) is 0 Å². The average Bonchev–Trinajstić information content (AvgIpc) is 2.83. The summed E-state index contributed by atoms with van der Waals surface area (Å²) in [5.74, 6) is -0.149. The van der Waals surface area contributed by atoms with E-state index >= 15 is 0 Å². The molecule has 0 unspecified atom stereocenters. The molecule has 19 heavy (non-hydrogen) atoms. The highest BCUT2D eigenvalue weighted by molar-refractivity contribution is 7.11. The standard InChI is InChI=1S/C14H15NO3S/c1-8-4-5-9(2)12(10(8)3)18-6-11-7-19-13(15-11)14(16)17/h4-5,7H,6H2,1-3H3,(H,16,17). The molecule has 2 rings (SSSR count). The quantitative estimate of drug-likeness (QED) is 0.931. The first kappa shape index (κ1) is 13.5. The largest absolute Gasteiger partial charge is 0.487 e. The Hall–Kier alpha value is -1.88. The lowest BCUT2D eigenvalue weighted by atomic mass is 10.1. The van der Waals surface area contributed by atoms with Crippen molar-refractivity contribution in [3.8, 4) is 5.75 Å². The zero-order valence-electron chi connectivity index (χ0n) is 11.1. The number of carboxylic acids is 1. The normalized spacial score (nSPS) is 10.5. The third-order valence-electron chi connectivity index (χ3n) is 2.97. The summed E-state index contributed by atoms with van der Waals surface area (Å²) in [5.41, 5.74) is 3.98. The van der Waals surface area contributed by atoms with Crippen LogP contribution in [-0.2, 0) is 6.61 Å². The van der Waals surface area contributed by atoms with Gasteiger partial charge in [-0.05, 0) is 37.5 Å². The first-order valence-corrected chi connectivity index (χ1v) is 6.74. The van der Waals surface area contributed by atoms with Crippen LogP contribution in [0.1, 0.15) is 32.2 Å². The van der Waals surface area contributed by atoms with Gasteiger partial charge in [-0.25, -0.2) is 9.78 Å². The van der Waals surface area contributed by atoms with E-state index in [0.29, 0.717) is 5.69 Å². The zero-order chi connectivity index (χ0) is 14.0. The van der Waals surface area contributed by atoms with Crippen molar-refractivity contribution in [3.05, 3.63) is 44.9 Å². The van der Waals surface area contributed by atoms with Crippen LogP contribution in [0.5, 0.6) is 5.75 Å². The molecular weight excluding hydrogens is 262 g/mol. The van der Waals surface area contributed by atoms with Crippen molar-refractivity contribution >= 4 is 17.3 Å². The van der Waals surface area contributed by atoms with Crippen molar-refractivity contribution in [1.82, 2.24) is 4.98 Å². The van der Waals surface area contributed by atoms with Crippen molar-refractivity contribution in [2.45, 2.75) is 27.4 Å². The summed E-state index contributed by atoms with van der Waals surface area (Å²) in [6.07, 6.45) is 0. The van der Waals surface area contributed by atoms with Crippen LogP contribution in [0.2, 0.25) is 0 Å². The molecule has 2 aromatic rings. The molecule has 100 valence electrons. The summed E-state index contributed by atoms with van der Waals surface area (Å²) in [5, 5.41) is 10.6. The van der Waals surface area contributed by atoms with Gasteiger partial charge >= 0.3 is 5.97 Å². The molecule has 0 saturated heterocycles. The Morgan fingerprint density at radius 2 is 2.00 bits per heavy atom. The van der Waals surface area contributed by atoms with Crippen LogP contribution in [0.15, 0.2) is 17.5 Å². The zero-order valence-corrected chi connectivity index (χ0v) is 11.9. The molecule has 0 fully saturated rings. The second-order valence-electron chi connectivity index (χ2n) is 4.39. The Kier molecular flexibility index (Phi) is 3.85. The van der Waals surface area contributed by atoms with Gasteiger partial charge in [0.15, 0.2) is 0 Å². The predicted molar refractivity (Wildman–Crippen MR) is 74.1 cm³/mol. The van der Waals surface area contributed by atoms with E-state index in [9.17, 15) is 4.79 Å². The number of rotatable bonds is 4. The number of nitrogens with zero attached hydrogens (tertiary/aromatic N) is 1. The summed E-state index contributed by atoms with van der Waals surface area (Å²) in [6.45, 7) is 6.33. The smallest absolute Gasteiger partial charge is 0.365 e. The highest BCUT2D eigenvalue weighted by Crippen LogP contribution is 2.26. The number of ether oxygens (including phenoxy) is 1. The molecule has 0 bridgehead atoms. The van der Waals surface area contributed by atoms with Crippen molar-refractivity contribution in [2.75, 3.05) is 0 Å². The SMILES string of the molecule is Cc1ccc(C)c(OCc2csc(C(=O)O)n2)c1C. The van der Waals surface area contributed by atoms with E-state index in [1.807, 2.05) is 26.8 Å². The van der Waals surface area contributed by atoms with E-state index in [-0.39, 0.29) is 11.6 Å². The molecule has 0 radical (unpaired) electrons. The lowest BCUT2D eigenvalue weighted by Crippen LogP contribution is -2.02. The second-order valence-corrected chi connectivity index (χ2v) is 5.25. The summed E-state index contributed by atoms with van der Waals surface area (Å²) < 4.78 is 5.78. The third kappa shape index (κ3) is 2.93. The highest BCUT2D eigenvalue weighted by atomic mass is 32.1. The van der Waals surface area contributed by atoms with Gasteiger partial charge in [0.25, 0.3) is 0 Å². The van der Waals surface area contributed by atoms with Crippen molar-refractivity contribution in [2.24, 2.45) is 0 Å². The molecule has 0 amide bonds. The molecule has 0 atom stereocenters. The summed E-state index contributed by atoms with van der Waals surface area (Å²) in [6, 6.07) is 4.07. The van der Waals surface area contributed by atoms with Crippen LogP contribution in [-0.4, -0.2) is 16.1 Å². The van der Waals surface area contributed by atoms with E-state index in [2.05, 4.69) is 11.1 Å². The van der Waals surface area contributed by atoms with Crippen LogP contribution in [0.25, 0.3) is 0 Å². The number of thiazole rings is 1. The maximum Gasteiger partial charge on any atom is 0.365 e. The first-order valence-electron chi connectivity index (χ1n) is 5.86. The van der Waals surface area contributed by atoms with E-state index in [1.165, 1.54) is 5.56 Å². The lowest BCUT2D eigenvalue weighted by Gasteiger charge is -2.13. The molecular formula is C14H15NO3S. The Morgan fingerprint density at radius 1 is 1.32 bits per heavy atom. The number of aromatic nitrogens is 1. The lowest BCUT2D eigenvalue weighted by molar-refractivity contribution is 0.0696. The molecule has 0 saturated carbocycles. The molecule has 4 nitrogen and oxygen atoms in total. The topological polar surface area (TPSA) is 59.4 Å². The monoisotopic (exact) mass is 277 g/mol. The number of aryl methyl sites for hydroxylation is 2. The molecule has 1 aromatic carbocycles. The second kappa shape index (κ2) is 5.40. The molecule has 1 N–H and O–H groups in total. The number of benzene rings is 1. The van der Waals surface area contributed by atoms with Gasteiger partial charge in [-0.15, -0.1) is 11.3 Å². The molecule has 0 aliphatic heterocycles. The number of hydrogen-bond acceptors (Lipinski definition) is 4. The fraction of sp³-hybridized carbons (Fsp3) is 0.286. The maximum atomic E-state index is 10.7. The number of carboxylic acid groups (broad SMARTS) is 1. The highest BCUT2D eigenvalue weighted by Gasteiger charge is 2.11. The number of carbonyl (C=O) groups is 1. The molecule has 1 heterocycles. The van der Waals surface area contributed by atoms with Crippen LogP contribution < -0.4 is 4.74 Å². The van der Waals surface area contributed by atoms with Crippen LogP contribution in [0.3, 0.4) is 0 Å². The molecule has 0 spiro atoms. The van der Waals surface area contributed by atoms with Crippen LogP contribution in [0, 0.1) is 20.8 Å². The third-order valence-corrected chi connectivity index (χ3v) is 3.85. The van der Waals surface area contributed by atoms with E-state index in [1.54, 1.807) is 5.38 Å². The fourth-order valence-corrected chi connectivity index (χ4v) is 2.40. The Bertz CT molecular complexity index is 619. The predicted octanol–water partition coefficient (Wildman–Crippen LogP) is 3.35. The van der Waals surface area contributed by atoms with Crippen molar-refractivity contribution in [3.63, 3.8) is 0 Å². The Morgan fingerprint density at radius 3 is 2.63 bits per heavy atom. The van der Waals surface area contributed by atoms with Gasteiger partial charge in [-0.2, -0.15) is 0 Å². The minimum absolute atomic E-state index is 0.0938. The van der Waals surface area contributed by atoms with E-state index in [0.717, 1.165) is 28.2 Å². The minimum atomic E-state index is -1.00. The molecule has 5 heteroatoms. The van der Waals surface area contributed by atoms with Gasteiger partial charge in [0.1, 0.15) is 12.4 Å². The number of hydrogen-bond donors (Lipinski definition) is 1. The fourth-order valence-electron chi connectivity index (χ4n) is 1.77. The van der Waals surface area contributed by atoms with Gasteiger partial charge < -0.3 is 9.84 Å². The van der Waals surface area contributed by atoms with Crippen LogP contribution >= 0.6 is 11.3 Å². The molecule has 0 aliphatic carbocycles. The first-order chi connectivity index (χ1) is 8.99. The number of aromatic carboxylic acids is 1. The average molecular weight is 277 g/mol. The minimum Gasteiger partial charge on any atom is -0.487 e. The Balaban J connectivity index is 2.14. The van der Waals surface area contributed by atoms with Gasteiger partial charge in [0.05, 0.1) is 5.69 Å². The molecule has 0 aliphatic rings. The van der Waals surface area contributed by atoms with E-state index in [4.69, 9.17) is 9.84 Å². The van der Waals surface area contributed by atoms with Gasteiger partial charge in [-0.1, -0.05) is 12.1 Å².